The van der Waals surface area contributed by atoms with Gasteiger partial charge in [0.2, 0.25) is 5.95 Å². The summed E-state index contributed by atoms with van der Waals surface area (Å²) in [5.74, 6) is 1.12. The lowest BCUT2D eigenvalue weighted by molar-refractivity contribution is 0.0539. The maximum Gasteiger partial charge on any atom is 0.223 e. The van der Waals surface area contributed by atoms with Crippen molar-refractivity contribution in [3.05, 3.63) is 11.4 Å². The molecule has 0 saturated carbocycles. The Morgan fingerprint density at radius 2 is 2.39 bits per heavy atom. The second kappa shape index (κ2) is 4.37. The van der Waals surface area contributed by atoms with E-state index in [1.54, 1.807) is 11.3 Å². The summed E-state index contributed by atoms with van der Waals surface area (Å²) in [5.41, 5.74) is 5.67. The molecule has 0 amide bonds. The van der Waals surface area contributed by atoms with Gasteiger partial charge < -0.3 is 15.8 Å². The van der Waals surface area contributed by atoms with Gasteiger partial charge in [0.05, 0.1) is 17.5 Å². The molecule has 0 aliphatic carbocycles. The van der Waals surface area contributed by atoms with Crippen molar-refractivity contribution in [1.29, 1.82) is 0 Å². The average molecular weight is 264 g/mol. The highest BCUT2D eigenvalue weighted by molar-refractivity contribution is 7.16. The van der Waals surface area contributed by atoms with Gasteiger partial charge in [-0.2, -0.15) is 4.98 Å². The number of rotatable bonds is 2. The number of anilines is 2. The van der Waals surface area contributed by atoms with Crippen molar-refractivity contribution >= 4 is 33.3 Å². The number of hydrogen-bond donors (Lipinski definition) is 2. The van der Waals surface area contributed by atoms with Crippen molar-refractivity contribution < 1.29 is 4.74 Å². The maximum absolute atomic E-state index is 5.75. The Bertz CT molecular complexity index is 562. The zero-order valence-corrected chi connectivity index (χ0v) is 11.1. The van der Waals surface area contributed by atoms with Gasteiger partial charge in [-0.15, -0.1) is 11.3 Å². The standard InChI is InChI=1S/C12H16N4OS/c1-12(4-2-5-17-7-12)16-9-8-3-6-18-10(8)15-11(13)14-9/h3,6H,2,4-5,7H2,1H3,(H3,13,14,15,16). The molecule has 18 heavy (non-hydrogen) atoms. The summed E-state index contributed by atoms with van der Waals surface area (Å²) < 4.78 is 5.55. The summed E-state index contributed by atoms with van der Waals surface area (Å²) >= 11 is 1.57. The first-order chi connectivity index (χ1) is 8.66. The van der Waals surface area contributed by atoms with E-state index in [4.69, 9.17) is 10.5 Å². The number of nitrogens with one attached hydrogen (secondary N) is 1. The number of nitrogen functional groups attached to an aromatic ring is 1. The van der Waals surface area contributed by atoms with Crippen LogP contribution in [0.25, 0.3) is 10.2 Å². The van der Waals surface area contributed by atoms with Crippen molar-refractivity contribution in [2.24, 2.45) is 0 Å². The Hall–Kier alpha value is -1.40. The fraction of sp³-hybridized carbons (Fsp3) is 0.500. The van der Waals surface area contributed by atoms with E-state index in [1.807, 2.05) is 11.4 Å². The zero-order chi connectivity index (χ0) is 12.6. The van der Waals surface area contributed by atoms with Gasteiger partial charge in [0.1, 0.15) is 10.6 Å². The molecule has 1 aliphatic rings. The molecule has 6 heteroatoms. The molecule has 3 rings (SSSR count). The first-order valence-corrected chi connectivity index (χ1v) is 6.91. The average Bonchev–Trinajstić information content (AvgIpc) is 2.77. The van der Waals surface area contributed by atoms with Crippen molar-refractivity contribution in [3.63, 3.8) is 0 Å². The quantitative estimate of drug-likeness (QED) is 0.870. The van der Waals surface area contributed by atoms with Crippen LogP contribution >= 0.6 is 11.3 Å². The number of ether oxygens (including phenoxy) is 1. The zero-order valence-electron chi connectivity index (χ0n) is 10.3. The van der Waals surface area contributed by atoms with Gasteiger partial charge in [0, 0.05) is 6.61 Å². The van der Waals surface area contributed by atoms with Crippen LogP contribution in [-0.2, 0) is 4.74 Å². The highest BCUT2D eigenvalue weighted by Crippen LogP contribution is 2.30. The molecule has 0 bridgehead atoms. The highest BCUT2D eigenvalue weighted by Gasteiger charge is 2.28. The first kappa shape index (κ1) is 11.7. The predicted molar refractivity (Wildman–Crippen MR) is 73.9 cm³/mol. The minimum absolute atomic E-state index is 0.0755. The Balaban J connectivity index is 1.96. The van der Waals surface area contributed by atoms with Crippen LogP contribution in [0, 0.1) is 0 Å². The molecule has 1 fully saturated rings. The maximum atomic E-state index is 5.75. The third-order valence-electron chi connectivity index (χ3n) is 3.20. The second-order valence-electron chi connectivity index (χ2n) is 4.91. The molecule has 3 N–H and O–H groups in total. The van der Waals surface area contributed by atoms with Crippen LogP contribution in [0.2, 0.25) is 0 Å². The van der Waals surface area contributed by atoms with E-state index < -0.39 is 0 Å². The lowest BCUT2D eigenvalue weighted by Gasteiger charge is -2.34. The van der Waals surface area contributed by atoms with Crippen molar-refractivity contribution in [1.82, 2.24) is 9.97 Å². The van der Waals surface area contributed by atoms with Crippen molar-refractivity contribution in [2.45, 2.75) is 25.3 Å². The van der Waals surface area contributed by atoms with E-state index in [0.717, 1.165) is 35.5 Å². The SMILES string of the molecule is CC1(Nc2nc(N)nc3sccc23)CCCOC1. The predicted octanol–water partition coefficient (Wildman–Crippen LogP) is 2.25. The fourth-order valence-electron chi connectivity index (χ4n) is 2.29. The van der Waals surface area contributed by atoms with E-state index in [2.05, 4.69) is 22.2 Å². The first-order valence-electron chi connectivity index (χ1n) is 6.03. The van der Waals surface area contributed by atoms with E-state index in [1.165, 1.54) is 0 Å². The van der Waals surface area contributed by atoms with Crippen molar-refractivity contribution in [2.75, 3.05) is 24.3 Å². The molecule has 96 valence electrons. The number of aromatic nitrogens is 2. The van der Waals surface area contributed by atoms with Gasteiger partial charge in [-0.1, -0.05) is 0 Å². The monoisotopic (exact) mass is 264 g/mol. The molecular formula is C12H16N4OS. The topological polar surface area (TPSA) is 73.1 Å². The summed E-state index contributed by atoms with van der Waals surface area (Å²) in [6.07, 6.45) is 2.14. The molecule has 0 aromatic carbocycles. The number of fused-ring (bicyclic) bond motifs is 1. The van der Waals surface area contributed by atoms with E-state index in [-0.39, 0.29) is 5.54 Å². The molecule has 0 radical (unpaired) electrons. The lowest BCUT2D eigenvalue weighted by Crippen LogP contribution is -2.43. The van der Waals surface area contributed by atoms with Gasteiger partial charge in [0.25, 0.3) is 0 Å². The molecule has 5 nitrogen and oxygen atoms in total. The fourth-order valence-corrected chi connectivity index (χ4v) is 3.06. The highest BCUT2D eigenvalue weighted by atomic mass is 32.1. The molecule has 0 spiro atoms. The smallest absolute Gasteiger partial charge is 0.223 e. The number of nitrogens with zero attached hydrogens (tertiary/aromatic N) is 2. The van der Waals surface area contributed by atoms with Gasteiger partial charge in [0.15, 0.2) is 0 Å². The van der Waals surface area contributed by atoms with Crippen LogP contribution in [0.15, 0.2) is 11.4 Å². The van der Waals surface area contributed by atoms with E-state index >= 15 is 0 Å². The molecule has 1 atom stereocenters. The lowest BCUT2D eigenvalue weighted by atomic mass is 9.95. The summed E-state index contributed by atoms with van der Waals surface area (Å²) in [7, 11) is 0. The molecule has 2 aromatic heterocycles. The minimum Gasteiger partial charge on any atom is -0.379 e. The van der Waals surface area contributed by atoms with Gasteiger partial charge in [-0.3, -0.25) is 0 Å². The van der Waals surface area contributed by atoms with E-state index in [9.17, 15) is 0 Å². The molecular weight excluding hydrogens is 248 g/mol. The normalized spacial score (nSPS) is 24.3. The minimum atomic E-state index is -0.0755. The molecule has 1 saturated heterocycles. The Labute approximate surface area is 109 Å². The number of nitrogens with two attached hydrogens (primary N) is 1. The summed E-state index contributed by atoms with van der Waals surface area (Å²) in [6.45, 7) is 3.70. The Morgan fingerprint density at radius 1 is 1.50 bits per heavy atom. The van der Waals surface area contributed by atoms with E-state index in [0.29, 0.717) is 12.6 Å². The van der Waals surface area contributed by atoms with Crippen LogP contribution < -0.4 is 11.1 Å². The summed E-state index contributed by atoms with van der Waals surface area (Å²) in [5, 5.41) is 6.51. The largest absolute Gasteiger partial charge is 0.379 e. The summed E-state index contributed by atoms with van der Waals surface area (Å²) in [4.78, 5) is 9.47. The second-order valence-corrected chi connectivity index (χ2v) is 5.81. The molecule has 1 aliphatic heterocycles. The van der Waals surface area contributed by atoms with Gasteiger partial charge in [-0.25, -0.2) is 4.98 Å². The van der Waals surface area contributed by atoms with Crippen LogP contribution in [0.1, 0.15) is 19.8 Å². The molecule has 1 unspecified atom stereocenters. The van der Waals surface area contributed by atoms with Crippen molar-refractivity contribution in [3.8, 4) is 0 Å². The third kappa shape index (κ3) is 2.13. The number of thiophene rings is 1. The third-order valence-corrected chi connectivity index (χ3v) is 4.01. The van der Waals surface area contributed by atoms with Crippen LogP contribution in [0.3, 0.4) is 0 Å². The van der Waals surface area contributed by atoms with Gasteiger partial charge in [-0.05, 0) is 31.2 Å². The Kier molecular flexibility index (Phi) is 2.83. The number of hydrogen-bond acceptors (Lipinski definition) is 6. The van der Waals surface area contributed by atoms with Crippen LogP contribution in [0.4, 0.5) is 11.8 Å². The molecule has 3 heterocycles. The van der Waals surface area contributed by atoms with Gasteiger partial charge >= 0.3 is 0 Å². The Morgan fingerprint density at radius 3 is 3.17 bits per heavy atom. The summed E-state index contributed by atoms with van der Waals surface area (Å²) in [6, 6.07) is 2.02. The van der Waals surface area contributed by atoms with Crippen LogP contribution in [0.5, 0.6) is 0 Å². The van der Waals surface area contributed by atoms with Crippen LogP contribution in [-0.4, -0.2) is 28.7 Å². The molecule has 2 aromatic rings.